The smallest absolute Gasteiger partial charge is 0.241 e. The first-order valence-corrected chi connectivity index (χ1v) is 11.0. The normalized spacial score (nSPS) is 20.0. The van der Waals surface area contributed by atoms with Gasteiger partial charge in [-0.2, -0.15) is 0 Å². The number of nitrogens with one attached hydrogen (secondary N) is 3. The molecule has 2 aromatic rings. The molecule has 2 heterocycles. The number of rotatable bonds is 6. The van der Waals surface area contributed by atoms with Gasteiger partial charge in [0.15, 0.2) is 16.8 Å². The Bertz CT molecular complexity index is 1050. The van der Waals surface area contributed by atoms with E-state index >= 15 is 0 Å². The van der Waals surface area contributed by atoms with Crippen LogP contribution in [0.4, 0.5) is 20.2 Å². The first kappa shape index (κ1) is 22.2. The molecule has 2 aliphatic heterocycles. The second-order valence-corrected chi connectivity index (χ2v) is 8.00. The lowest BCUT2D eigenvalue weighted by Gasteiger charge is -2.32. The standard InChI is InChI=1S/C21H21F2N5O3S/c1-2-31-14-6-4-13(5-7-14)28-20(30)15-10-24-27-19(15)26-21(28)32-11-18(29)25-12-3-8-16(22)17(23)9-12/h3-9,15,19,24,27H,2,10-11H2,1H3,(H,25,29). The van der Waals surface area contributed by atoms with Gasteiger partial charge in [-0.15, -0.1) is 0 Å². The Kier molecular flexibility index (Phi) is 6.68. The highest BCUT2D eigenvalue weighted by Crippen LogP contribution is 2.30. The summed E-state index contributed by atoms with van der Waals surface area (Å²) < 4.78 is 31.9. The molecule has 2 aliphatic rings. The monoisotopic (exact) mass is 461 g/mol. The number of ether oxygens (including phenoxy) is 1. The molecule has 4 rings (SSSR count). The molecule has 2 aromatic carbocycles. The molecule has 1 saturated heterocycles. The third-order valence-electron chi connectivity index (χ3n) is 4.87. The van der Waals surface area contributed by atoms with Gasteiger partial charge in [0.1, 0.15) is 11.9 Å². The molecule has 1 fully saturated rings. The van der Waals surface area contributed by atoms with Gasteiger partial charge in [0, 0.05) is 18.3 Å². The average Bonchev–Trinajstić information content (AvgIpc) is 3.25. The van der Waals surface area contributed by atoms with Crippen molar-refractivity contribution in [3.05, 3.63) is 54.1 Å². The van der Waals surface area contributed by atoms with E-state index < -0.39 is 23.7 Å². The van der Waals surface area contributed by atoms with Crippen LogP contribution in [0.5, 0.6) is 5.75 Å². The fraction of sp³-hybridized carbons (Fsp3) is 0.286. The molecule has 2 unspecified atom stereocenters. The van der Waals surface area contributed by atoms with E-state index in [1.165, 1.54) is 11.0 Å². The van der Waals surface area contributed by atoms with Crippen LogP contribution in [0, 0.1) is 17.6 Å². The van der Waals surface area contributed by atoms with E-state index in [1.807, 2.05) is 6.92 Å². The van der Waals surface area contributed by atoms with Gasteiger partial charge in [0.05, 0.1) is 24.0 Å². The van der Waals surface area contributed by atoms with Gasteiger partial charge in [-0.1, -0.05) is 11.8 Å². The van der Waals surface area contributed by atoms with Crippen molar-refractivity contribution in [2.24, 2.45) is 10.9 Å². The van der Waals surface area contributed by atoms with E-state index in [1.54, 1.807) is 24.3 Å². The number of fused-ring (bicyclic) bond motifs is 1. The van der Waals surface area contributed by atoms with Crippen LogP contribution in [-0.4, -0.2) is 42.1 Å². The predicted octanol–water partition coefficient (Wildman–Crippen LogP) is 2.49. The number of benzene rings is 2. The number of hydrogen-bond donors (Lipinski definition) is 3. The Morgan fingerprint density at radius 1 is 1.25 bits per heavy atom. The molecule has 3 N–H and O–H groups in total. The number of nitrogens with zero attached hydrogens (tertiary/aromatic N) is 2. The summed E-state index contributed by atoms with van der Waals surface area (Å²) in [5, 5.41) is 2.87. The van der Waals surface area contributed by atoms with Crippen LogP contribution in [0.25, 0.3) is 0 Å². The lowest BCUT2D eigenvalue weighted by atomic mass is 10.0. The van der Waals surface area contributed by atoms with Crippen molar-refractivity contribution in [2.45, 2.75) is 13.1 Å². The van der Waals surface area contributed by atoms with Crippen LogP contribution in [0.15, 0.2) is 47.5 Å². The summed E-state index contributed by atoms with van der Waals surface area (Å²) in [5.74, 6) is -2.40. The Labute approximate surface area is 187 Å². The quantitative estimate of drug-likeness (QED) is 0.612. The SMILES string of the molecule is CCOc1ccc(N2C(=O)C3CNNC3N=C2SCC(=O)Nc2ccc(F)c(F)c2)cc1. The zero-order chi connectivity index (χ0) is 22.7. The molecule has 2 amide bonds. The summed E-state index contributed by atoms with van der Waals surface area (Å²) in [7, 11) is 0. The number of carbonyl (C=O) groups excluding carboxylic acids is 2. The molecule has 0 aliphatic carbocycles. The molecular weight excluding hydrogens is 440 g/mol. The zero-order valence-corrected chi connectivity index (χ0v) is 17.9. The first-order chi connectivity index (χ1) is 15.5. The number of aliphatic imine (C=N–C) groups is 1. The maximum Gasteiger partial charge on any atom is 0.241 e. The van der Waals surface area contributed by atoms with Crippen molar-refractivity contribution in [3.63, 3.8) is 0 Å². The molecular formula is C21H21F2N5O3S. The number of anilines is 2. The van der Waals surface area contributed by atoms with Crippen molar-refractivity contribution < 1.29 is 23.1 Å². The van der Waals surface area contributed by atoms with Crippen molar-refractivity contribution in [1.29, 1.82) is 0 Å². The average molecular weight is 461 g/mol. The van der Waals surface area contributed by atoms with Crippen LogP contribution in [0.1, 0.15) is 6.92 Å². The molecule has 0 bridgehead atoms. The molecule has 8 nitrogen and oxygen atoms in total. The third kappa shape index (κ3) is 4.74. The molecule has 0 radical (unpaired) electrons. The fourth-order valence-corrected chi connectivity index (χ4v) is 4.21. The second kappa shape index (κ2) is 9.63. The maximum atomic E-state index is 13.4. The van der Waals surface area contributed by atoms with E-state index in [-0.39, 0.29) is 23.3 Å². The van der Waals surface area contributed by atoms with E-state index in [4.69, 9.17) is 4.74 Å². The minimum atomic E-state index is -1.05. The van der Waals surface area contributed by atoms with Crippen molar-refractivity contribution in [1.82, 2.24) is 10.9 Å². The van der Waals surface area contributed by atoms with E-state index in [0.717, 1.165) is 23.9 Å². The Balaban J connectivity index is 1.50. The number of halogens is 2. The molecule has 32 heavy (non-hydrogen) atoms. The summed E-state index contributed by atoms with van der Waals surface area (Å²) >= 11 is 1.08. The lowest BCUT2D eigenvalue weighted by molar-refractivity contribution is -0.121. The lowest BCUT2D eigenvalue weighted by Crippen LogP contribution is -2.49. The number of amidine groups is 1. The number of thioether (sulfide) groups is 1. The first-order valence-electron chi connectivity index (χ1n) is 9.97. The topological polar surface area (TPSA) is 95.1 Å². The predicted molar refractivity (Wildman–Crippen MR) is 118 cm³/mol. The molecule has 0 saturated carbocycles. The van der Waals surface area contributed by atoms with Crippen LogP contribution in [0.2, 0.25) is 0 Å². The minimum Gasteiger partial charge on any atom is -0.494 e. The van der Waals surface area contributed by atoms with Gasteiger partial charge < -0.3 is 10.1 Å². The number of amides is 2. The molecule has 11 heteroatoms. The summed E-state index contributed by atoms with van der Waals surface area (Å²) in [6, 6.07) is 10.2. The second-order valence-electron chi connectivity index (χ2n) is 7.05. The van der Waals surface area contributed by atoms with Crippen molar-refractivity contribution >= 4 is 40.1 Å². The highest BCUT2D eigenvalue weighted by Gasteiger charge is 2.42. The van der Waals surface area contributed by atoms with Gasteiger partial charge in [0.25, 0.3) is 0 Å². The van der Waals surface area contributed by atoms with Gasteiger partial charge in [0.2, 0.25) is 11.8 Å². The van der Waals surface area contributed by atoms with Gasteiger partial charge in [-0.05, 0) is 43.3 Å². The summed E-state index contributed by atoms with van der Waals surface area (Å²) in [4.78, 5) is 31.6. The van der Waals surface area contributed by atoms with E-state index in [2.05, 4.69) is 21.2 Å². The van der Waals surface area contributed by atoms with E-state index in [0.29, 0.717) is 29.8 Å². The van der Waals surface area contributed by atoms with Gasteiger partial charge in [-0.25, -0.2) is 19.2 Å². The molecule has 0 spiro atoms. The number of hydrogen-bond acceptors (Lipinski definition) is 7. The van der Waals surface area contributed by atoms with Crippen LogP contribution < -0.4 is 25.8 Å². The summed E-state index contributed by atoms with van der Waals surface area (Å²) in [6.07, 6.45) is -0.432. The van der Waals surface area contributed by atoms with Crippen LogP contribution >= 0.6 is 11.8 Å². The maximum absolute atomic E-state index is 13.4. The highest BCUT2D eigenvalue weighted by molar-refractivity contribution is 8.14. The number of hydrazine groups is 1. The van der Waals surface area contributed by atoms with Crippen LogP contribution in [-0.2, 0) is 9.59 Å². The molecule has 0 aromatic heterocycles. The fourth-order valence-electron chi connectivity index (χ4n) is 3.37. The third-order valence-corrected chi connectivity index (χ3v) is 5.83. The summed E-state index contributed by atoms with van der Waals surface area (Å²) in [6.45, 7) is 2.85. The van der Waals surface area contributed by atoms with E-state index in [9.17, 15) is 18.4 Å². The van der Waals surface area contributed by atoms with Crippen molar-refractivity contribution in [3.8, 4) is 5.75 Å². The summed E-state index contributed by atoms with van der Waals surface area (Å²) in [5.41, 5.74) is 6.65. The molecule has 168 valence electrons. The van der Waals surface area contributed by atoms with Gasteiger partial charge >= 0.3 is 0 Å². The molecule has 2 atom stereocenters. The van der Waals surface area contributed by atoms with Crippen molar-refractivity contribution in [2.75, 3.05) is 29.1 Å². The Hall–Kier alpha value is -3.02. The zero-order valence-electron chi connectivity index (χ0n) is 17.1. The van der Waals surface area contributed by atoms with Crippen LogP contribution in [0.3, 0.4) is 0 Å². The Morgan fingerprint density at radius 2 is 2.03 bits per heavy atom. The Morgan fingerprint density at radius 3 is 2.75 bits per heavy atom. The minimum absolute atomic E-state index is 0.0799. The largest absolute Gasteiger partial charge is 0.494 e. The highest BCUT2D eigenvalue weighted by atomic mass is 32.2. The number of carbonyl (C=O) groups is 2. The van der Waals surface area contributed by atoms with Gasteiger partial charge in [-0.3, -0.25) is 19.9 Å².